The molecule has 0 amide bonds. The molecule has 0 aliphatic carbocycles. The van der Waals surface area contributed by atoms with E-state index < -0.39 is 28.4 Å². The fraction of sp³-hybridized carbons (Fsp3) is 0.357. The summed E-state index contributed by atoms with van der Waals surface area (Å²) in [4.78, 5) is 32.7. The zero-order valence-corrected chi connectivity index (χ0v) is 12.6. The molecule has 0 saturated carbocycles. The third-order valence-electron chi connectivity index (χ3n) is 3.65. The van der Waals surface area contributed by atoms with Crippen LogP contribution in [0.4, 0.5) is 0 Å². The molecule has 2 rings (SSSR count). The van der Waals surface area contributed by atoms with Crippen LogP contribution < -0.4 is 0 Å². The molecule has 0 bridgehead atoms. The first-order chi connectivity index (χ1) is 10.9. The van der Waals surface area contributed by atoms with E-state index in [2.05, 4.69) is 0 Å². The van der Waals surface area contributed by atoms with Gasteiger partial charge in [-0.05, 0) is 12.1 Å². The Morgan fingerprint density at radius 3 is 2.61 bits per heavy atom. The molecule has 9 heteroatoms. The number of nitrogens with zero attached hydrogens (tertiary/aromatic N) is 3. The number of aryl methyl sites for hydroxylation is 1. The predicted octanol–water partition coefficient (Wildman–Crippen LogP) is 1.95. The zero-order chi connectivity index (χ0) is 17.1. The summed E-state index contributed by atoms with van der Waals surface area (Å²) in [6, 6.07) is 3.61. The maximum Gasteiger partial charge on any atom is 0.338 e. The van der Waals surface area contributed by atoms with Gasteiger partial charge >= 0.3 is 5.97 Å². The van der Waals surface area contributed by atoms with Crippen LogP contribution in [-0.4, -0.2) is 34.0 Å². The van der Waals surface area contributed by atoms with Gasteiger partial charge in [0.2, 0.25) is 12.6 Å². The summed E-state index contributed by atoms with van der Waals surface area (Å²) >= 11 is 0. The average molecular weight is 321 g/mol. The number of methoxy groups -OCH3 is 1. The van der Waals surface area contributed by atoms with Crippen molar-refractivity contribution in [1.29, 1.82) is 0 Å². The third-order valence-corrected chi connectivity index (χ3v) is 3.65. The first kappa shape index (κ1) is 16.4. The maximum atomic E-state index is 11.9. The zero-order valence-electron chi connectivity index (χ0n) is 12.6. The molecule has 1 aromatic heterocycles. The number of hydrogen-bond donors (Lipinski definition) is 0. The Kier molecular flexibility index (Phi) is 4.58. The molecule has 23 heavy (non-hydrogen) atoms. The van der Waals surface area contributed by atoms with Crippen molar-refractivity contribution >= 4 is 16.9 Å². The molecule has 0 aliphatic rings. The van der Waals surface area contributed by atoms with E-state index in [0.717, 1.165) is 0 Å². The average Bonchev–Trinajstić information content (AvgIpc) is 2.83. The van der Waals surface area contributed by atoms with Gasteiger partial charge in [-0.1, -0.05) is 6.07 Å². The van der Waals surface area contributed by atoms with Crippen molar-refractivity contribution in [2.75, 3.05) is 13.7 Å². The van der Waals surface area contributed by atoms with E-state index in [-0.39, 0.29) is 17.5 Å². The highest BCUT2D eigenvalue weighted by molar-refractivity contribution is 6.05. The van der Waals surface area contributed by atoms with Gasteiger partial charge in [0.25, 0.3) is 0 Å². The van der Waals surface area contributed by atoms with Crippen LogP contribution in [-0.2, 0) is 11.8 Å². The lowest BCUT2D eigenvalue weighted by atomic mass is 9.99. The van der Waals surface area contributed by atoms with E-state index >= 15 is 0 Å². The Morgan fingerprint density at radius 1 is 1.35 bits per heavy atom. The molecule has 0 saturated heterocycles. The number of rotatable bonds is 6. The van der Waals surface area contributed by atoms with Gasteiger partial charge in [0, 0.05) is 34.0 Å². The summed E-state index contributed by atoms with van der Waals surface area (Å²) in [5.74, 6) is -0.612. The van der Waals surface area contributed by atoms with Crippen molar-refractivity contribution in [1.82, 2.24) is 4.57 Å². The Balaban J connectivity index is 2.64. The van der Waals surface area contributed by atoms with E-state index in [9.17, 15) is 25.0 Å². The SMILES string of the molecule is COC(=O)c1cccc2c1c(C(CC[N+](=O)[O-])[N+](=O)[O-])cn2C. The monoisotopic (exact) mass is 321 g/mol. The first-order valence-electron chi connectivity index (χ1n) is 6.78. The fourth-order valence-electron chi connectivity index (χ4n) is 2.62. The normalized spacial score (nSPS) is 12.1. The van der Waals surface area contributed by atoms with Crippen LogP contribution in [0.5, 0.6) is 0 Å². The van der Waals surface area contributed by atoms with E-state index in [4.69, 9.17) is 4.74 Å². The lowest BCUT2D eigenvalue weighted by molar-refractivity contribution is -0.546. The third kappa shape index (κ3) is 3.12. The second-order valence-electron chi connectivity index (χ2n) is 5.03. The second-order valence-corrected chi connectivity index (χ2v) is 5.03. The number of carbonyl (C=O) groups is 1. The van der Waals surface area contributed by atoms with Gasteiger partial charge in [-0.3, -0.25) is 20.2 Å². The molecule has 0 aliphatic heterocycles. The van der Waals surface area contributed by atoms with Gasteiger partial charge < -0.3 is 9.30 Å². The van der Waals surface area contributed by atoms with E-state index in [1.54, 1.807) is 23.7 Å². The van der Waals surface area contributed by atoms with E-state index in [1.165, 1.54) is 19.4 Å². The molecule has 1 aromatic carbocycles. The van der Waals surface area contributed by atoms with Gasteiger partial charge in [0.15, 0.2) is 0 Å². The lowest BCUT2D eigenvalue weighted by Gasteiger charge is -2.08. The molecule has 122 valence electrons. The number of benzene rings is 1. The summed E-state index contributed by atoms with van der Waals surface area (Å²) in [7, 11) is 2.92. The first-order valence-corrected chi connectivity index (χ1v) is 6.78. The molecule has 2 aromatic rings. The lowest BCUT2D eigenvalue weighted by Crippen LogP contribution is -2.15. The van der Waals surface area contributed by atoms with Crippen molar-refractivity contribution in [3.8, 4) is 0 Å². The highest BCUT2D eigenvalue weighted by atomic mass is 16.6. The Morgan fingerprint density at radius 2 is 2.04 bits per heavy atom. The quantitative estimate of drug-likeness (QED) is 0.456. The van der Waals surface area contributed by atoms with Crippen molar-refractivity contribution < 1.29 is 19.4 Å². The van der Waals surface area contributed by atoms with E-state index in [0.29, 0.717) is 10.9 Å². The summed E-state index contributed by atoms with van der Waals surface area (Å²) in [6.45, 7) is -0.525. The topological polar surface area (TPSA) is 118 Å². The molecule has 0 N–H and O–H groups in total. The summed E-state index contributed by atoms with van der Waals surface area (Å²) in [5.41, 5.74) is 1.10. The van der Waals surface area contributed by atoms with Crippen LogP contribution in [0, 0.1) is 20.2 Å². The summed E-state index contributed by atoms with van der Waals surface area (Å²) in [5, 5.41) is 22.3. The van der Waals surface area contributed by atoms with Crippen LogP contribution in [0.1, 0.15) is 28.4 Å². The number of esters is 1. The molecule has 1 atom stereocenters. The maximum absolute atomic E-state index is 11.9. The predicted molar refractivity (Wildman–Crippen MR) is 80.5 cm³/mol. The smallest absolute Gasteiger partial charge is 0.338 e. The highest BCUT2D eigenvalue weighted by Gasteiger charge is 2.30. The Bertz CT molecular complexity index is 782. The summed E-state index contributed by atoms with van der Waals surface area (Å²) in [6.07, 6.45) is 1.28. The molecule has 0 fully saturated rings. The number of carbonyl (C=O) groups excluding carboxylic acids is 1. The minimum atomic E-state index is -1.27. The second kappa shape index (κ2) is 6.42. The van der Waals surface area contributed by atoms with Gasteiger partial charge in [0.1, 0.15) is 0 Å². The molecular formula is C14H15N3O6. The molecule has 1 unspecified atom stereocenters. The minimum Gasteiger partial charge on any atom is -0.465 e. The van der Waals surface area contributed by atoms with Crippen molar-refractivity contribution in [2.24, 2.45) is 7.05 Å². The Labute approximate surface area is 130 Å². The van der Waals surface area contributed by atoms with Gasteiger partial charge in [-0.15, -0.1) is 0 Å². The number of hydrogen-bond acceptors (Lipinski definition) is 6. The largest absolute Gasteiger partial charge is 0.465 e. The number of fused-ring (bicyclic) bond motifs is 1. The van der Waals surface area contributed by atoms with Crippen molar-refractivity contribution in [2.45, 2.75) is 12.5 Å². The van der Waals surface area contributed by atoms with Gasteiger partial charge in [-0.25, -0.2) is 4.79 Å². The van der Waals surface area contributed by atoms with E-state index in [1.807, 2.05) is 0 Å². The van der Waals surface area contributed by atoms with Crippen molar-refractivity contribution in [3.63, 3.8) is 0 Å². The van der Waals surface area contributed by atoms with Crippen LogP contribution >= 0.6 is 0 Å². The molecule has 9 nitrogen and oxygen atoms in total. The molecule has 1 heterocycles. The standard InChI is InChI=1S/C14H15N3O6/c1-15-8-10(11(17(21)22)6-7-16(19)20)13-9(14(18)23-2)4-3-5-12(13)15/h3-5,8,11H,6-7H2,1-2H3. The molecular weight excluding hydrogens is 306 g/mol. The van der Waals surface area contributed by atoms with Gasteiger partial charge in [0.05, 0.1) is 24.7 Å². The highest BCUT2D eigenvalue weighted by Crippen LogP contribution is 2.32. The molecule has 0 spiro atoms. The van der Waals surface area contributed by atoms with Crippen LogP contribution in [0.2, 0.25) is 0 Å². The van der Waals surface area contributed by atoms with Crippen LogP contribution in [0.15, 0.2) is 24.4 Å². The minimum absolute atomic E-state index is 0.202. The summed E-state index contributed by atoms with van der Waals surface area (Å²) < 4.78 is 6.37. The number of aromatic nitrogens is 1. The van der Waals surface area contributed by atoms with Crippen molar-refractivity contribution in [3.05, 3.63) is 55.8 Å². The number of ether oxygens (including phenoxy) is 1. The fourth-order valence-corrected chi connectivity index (χ4v) is 2.62. The Hall–Kier alpha value is -2.97. The van der Waals surface area contributed by atoms with Crippen LogP contribution in [0.25, 0.3) is 10.9 Å². The van der Waals surface area contributed by atoms with Gasteiger partial charge in [-0.2, -0.15) is 0 Å². The number of nitro groups is 2. The van der Waals surface area contributed by atoms with Crippen LogP contribution in [0.3, 0.4) is 0 Å². The molecule has 0 radical (unpaired) electrons.